The molecule has 4 heteroatoms. The van der Waals surface area contributed by atoms with E-state index in [1.807, 2.05) is 72.0 Å². The van der Waals surface area contributed by atoms with Crippen LogP contribution in [-0.2, 0) is 0 Å². The number of benzene rings is 7. The maximum absolute atomic E-state index is 5.02. The van der Waals surface area contributed by atoms with E-state index in [1.54, 1.807) is 0 Å². The number of nitrogens with zero attached hydrogens (tertiary/aromatic N) is 3. The van der Waals surface area contributed by atoms with Crippen molar-refractivity contribution in [2.45, 2.75) is 0 Å². The standard InChI is InChI=1S/C41H25N3S/c1-3-11-26(12-4-1)39-42-40(27-13-5-2-6-14-27)44-41(43-39)32-22-29-15-7-8-16-33(29)35(24-32)30-20-19-28-23-36-34-17-9-10-18-37(34)45-38(36)25-31(28)21-30/h1-25H. The molecule has 0 fully saturated rings. The molecule has 9 rings (SSSR count). The summed E-state index contributed by atoms with van der Waals surface area (Å²) in [6.45, 7) is 0. The zero-order valence-electron chi connectivity index (χ0n) is 24.2. The summed E-state index contributed by atoms with van der Waals surface area (Å²) in [7, 11) is 0. The third-order valence-electron chi connectivity index (χ3n) is 8.47. The fourth-order valence-electron chi connectivity index (χ4n) is 6.25. The minimum absolute atomic E-state index is 0.655. The summed E-state index contributed by atoms with van der Waals surface area (Å²) in [6, 6.07) is 53.4. The van der Waals surface area contributed by atoms with Crippen LogP contribution in [0.3, 0.4) is 0 Å². The fourth-order valence-corrected chi connectivity index (χ4v) is 7.39. The Morgan fingerprint density at radius 1 is 0.333 bits per heavy atom. The van der Waals surface area contributed by atoms with Crippen LogP contribution >= 0.6 is 11.3 Å². The molecule has 9 aromatic rings. The van der Waals surface area contributed by atoms with E-state index >= 15 is 0 Å². The van der Waals surface area contributed by atoms with Crippen molar-refractivity contribution in [1.29, 1.82) is 0 Å². The molecule has 0 aliphatic rings. The van der Waals surface area contributed by atoms with Gasteiger partial charge >= 0.3 is 0 Å². The van der Waals surface area contributed by atoms with E-state index in [1.165, 1.54) is 41.9 Å². The van der Waals surface area contributed by atoms with E-state index in [2.05, 4.69) is 91.0 Å². The molecular weight excluding hydrogens is 567 g/mol. The lowest BCUT2D eigenvalue weighted by Gasteiger charge is -2.13. The van der Waals surface area contributed by atoms with Gasteiger partial charge in [-0.05, 0) is 69.1 Å². The largest absolute Gasteiger partial charge is 0.208 e. The van der Waals surface area contributed by atoms with Crippen LogP contribution in [0.1, 0.15) is 0 Å². The molecule has 0 aliphatic carbocycles. The maximum atomic E-state index is 5.02. The monoisotopic (exact) mass is 591 g/mol. The minimum atomic E-state index is 0.655. The first-order valence-corrected chi connectivity index (χ1v) is 15.8. The first-order chi connectivity index (χ1) is 22.3. The van der Waals surface area contributed by atoms with Crippen LogP contribution in [0.4, 0.5) is 0 Å². The molecule has 0 spiro atoms. The smallest absolute Gasteiger partial charge is 0.164 e. The van der Waals surface area contributed by atoms with Gasteiger partial charge in [0, 0.05) is 36.9 Å². The van der Waals surface area contributed by atoms with E-state index in [0.29, 0.717) is 17.5 Å². The van der Waals surface area contributed by atoms with Gasteiger partial charge in [0.05, 0.1) is 0 Å². The summed E-state index contributed by atoms with van der Waals surface area (Å²) in [6.07, 6.45) is 0. The lowest BCUT2D eigenvalue weighted by atomic mass is 9.93. The SMILES string of the molecule is c1ccc(-c2nc(-c3ccccc3)nc(-c3cc(-c4ccc5cc6c(cc5c4)sc4ccccc46)c4ccccc4c3)n2)cc1. The zero-order chi connectivity index (χ0) is 29.7. The van der Waals surface area contributed by atoms with Crippen LogP contribution in [0.15, 0.2) is 152 Å². The Hall–Kier alpha value is -5.71. The lowest BCUT2D eigenvalue weighted by Crippen LogP contribution is -2.00. The number of aromatic nitrogens is 3. The highest BCUT2D eigenvalue weighted by molar-refractivity contribution is 7.25. The molecule has 0 N–H and O–H groups in total. The molecule has 0 bridgehead atoms. The van der Waals surface area contributed by atoms with Crippen molar-refractivity contribution in [3.8, 4) is 45.3 Å². The molecule has 2 aromatic heterocycles. The Kier molecular flexibility index (Phi) is 6.00. The third-order valence-corrected chi connectivity index (χ3v) is 9.60. The Morgan fingerprint density at radius 2 is 0.933 bits per heavy atom. The molecule has 0 saturated heterocycles. The second-order valence-corrected chi connectivity index (χ2v) is 12.4. The Morgan fingerprint density at radius 3 is 1.67 bits per heavy atom. The van der Waals surface area contributed by atoms with Crippen molar-refractivity contribution >= 4 is 53.1 Å². The molecule has 0 unspecified atom stereocenters. The Balaban J connectivity index is 1.25. The van der Waals surface area contributed by atoms with Gasteiger partial charge < -0.3 is 0 Å². The molecule has 0 radical (unpaired) electrons. The molecule has 0 saturated carbocycles. The van der Waals surface area contributed by atoms with Gasteiger partial charge in [-0.15, -0.1) is 11.3 Å². The summed E-state index contributed by atoms with van der Waals surface area (Å²) in [5.74, 6) is 1.97. The van der Waals surface area contributed by atoms with Gasteiger partial charge in [0.2, 0.25) is 0 Å². The first kappa shape index (κ1) is 25.8. The Labute approximate surface area is 264 Å². The van der Waals surface area contributed by atoms with Gasteiger partial charge in [-0.2, -0.15) is 0 Å². The number of thiophene rings is 1. The summed E-state index contributed by atoms with van der Waals surface area (Å²) >= 11 is 1.86. The van der Waals surface area contributed by atoms with Crippen LogP contribution < -0.4 is 0 Å². The van der Waals surface area contributed by atoms with Crippen LogP contribution in [0.2, 0.25) is 0 Å². The highest BCUT2D eigenvalue weighted by atomic mass is 32.1. The van der Waals surface area contributed by atoms with E-state index in [4.69, 9.17) is 15.0 Å². The van der Waals surface area contributed by atoms with Crippen LogP contribution in [-0.4, -0.2) is 15.0 Å². The van der Waals surface area contributed by atoms with Crippen LogP contribution in [0.25, 0.3) is 87.0 Å². The number of fused-ring (bicyclic) bond motifs is 5. The van der Waals surface area contributed by atoms with E-state index < -0.39 is 0 Å². The second-order valence-electron chi connectivity index (χ2n) is 11.3. The molecule has 45 heavy (non-hydrogen) atoms. The summed E-state index contributed by atoms with van der Waals surface area (Å²) in [5, 5.41) is 7.47. The van der Waals surface area contributed by atoms with Gasteiger partial charge in [0.25, 0.3) is 0 Å². The van der Waals surface area contributed by atoms with Crippen molar-refractivity contribution in [2.75, 3.05) is 0 Å². The first-order valence-electron chi connectivity index (χ1n) is 15.0. The predicted octanol–water partition coefficient (Wildman–Crippen LogP) is 11.2. The third kappa shape index (κ3) is 4.55. The summed E-state index contributed by atoms with van der Waals surface area (Å²) < 4.78 is 2.63. The minimum Gasteiger partial charge on any atom is -0.208 e. The van der Waals surface area contributed by atoms with Crippen molar-refractivity contribution in [3.05, 3.63) is 152 Å². The molecule has 0 aliphatic heterocycles. The molecule has 210 valence electrons. The molecule has 0 amide bonds. The number of hydrogen-bond donors (Lipinski definition) is 0. The summed E-state index contributed by atoms with van der Waals surface area (Å²) in [4.78, 5) is 14.9. The topological polar surface area (TPSA) is 38.7 Å². The van der Waals surface area contributed by atoms with Gasteiger partial charge in [-0.3, -0.25) is 0 Å². The van der Waals surface area contributed by atoms with Crippen molar-refractivity contribution < 1.29 is 0 Å². The van der Waals surface area contributed by atoms with E-state index in [9.17, 15) is 0 Å². The van der Waals surface area contributed by atoms with Crippen LogP contribution in [0.5, 0.6) is 0 Å². The van der Waals surface area contributed by atoms with Gasteiger partial charge in [-0.25, -0.2) is 15.0 Å². The van der Waals surface area contributed by atoms with Gasteiger partial charge in [0.1, 0.15) is 0 Å². The van der Waals surface area contributed by atoms with E-state index in [0.717, 1.165) is 27.6 Å². The predicted molar refractivity (Wildman–Crippen MR) is 189 cm³/mol. The number of hydrogen-bond acceptors (Lipinski definition) is 4. The highest BCUT2D eigenvalue weighted by Gasteiger charge is 2.15. The molecular formula is C41H25N3S. The van der Waals surface area contributed by atoms with E-state index in [-0.39, 0.29) is 0 Å². The zero-order valence-corrected chi connectivity index (χ0v) is 25.0. The molecule has 3 nitrogen and oxygen atoms in total. The summed E-state index contributed by atoms with van der Waals surface area (Å²) in [5.41, 5.74) is 5.20. The van der Waals surface area contributed by atoms with Crippen molar-refractivity contribution in [1.82, 2.24) is 15.0 Å². The van der Waals surface area contributed by atoms with Crippen molar-refractivity contribution in [2.24, 2.45) is 0 Å². The van der Waals surface area contributed by atoms with Gasteiger partial charge in [0.15, 0.2) is 17.5 Å². The quantitative estimate of drug-likeness (QED) is 0.204. The van der Waals surface area contributed by atoms with Gasteiger partial charge in [-0.1, -0.05) is 115 Å². The number of rotatable bonds is 4. The van der Waals surface area contributed by atoms with Crippen LogP contribution in [0, 0.1) is 0 Å². The highest BCUT2D eigenvalue weighted by Crippen LogP contribution is 2.39. The Bertz CT molecular complexity index is 2480. The van der Waals surface area contributed by atoms with Crippen molar-refractivity contribution in [3.63, 3.8) is 0 Å². The fraction of sp³-hybridized carbons (Fsp3) is 0. The lowest BCUT2D eigenvalue weighted by molar-refractivity contribution is 1.07. The molecule has 7 aromatic carbocycles. The molecule has 2 heterocycles. The average Bonchev–Trinajstić information content (AvgIpc) is 3.47. The maximum Gasteiger partial charge on any atom is 0.164 e. The molecule has 0 atom stereocenters. The average molecular weight is 592 g/mol. The second kappa shape index (κ2) is 10.5. The normalized spacial score (nSPS) is 11.6.